The molecule has 1 atom stereocenters. The largest absolute Gasteiger partial charge is 0.352 e. The second kappa shape index (κ2) is 5.82. The van der Waals surface area contributed by atoms with Gasteiger partial charge in [-0.1, -0.05) is 24.6 Å². The van der Waals surface area contributed by atoms with Crippen molar-refractivity contribution in [2.45, 2.75) is 13.5 Å². The Bertz CT molecular complexity index is 364. The van der Waals surface area contributed by atoms with E-state index >= 15 is 0 Å². The van der Waals surface area contributed by atoms with Gasteiger partial charge in [-0.2, -0.15) is 0 Å². The molecule has 5 heteroatoms. The average Bonchev–Trinajstić information content (AvgIpc) is 2.27. The van der Waals surface area contributed by atoms with Gasteiger partial charge in [-0.25, -0.2) is 4.39 Å². The summed E-state index contributed by atoms with van der Waals surface area (Å²) in [6.45, 7) is 2.05. The summed E-state index contributed by atoms with van der Waals surface area (Å²) in [6, 6.07) is 4.41. The maximum atomic E-state index is 13.3. The minimum Gasteiger partial charge on any atom is -0.352 e. The van der Waals surface area contributed by atoms with Crippen LogP contribution in [0.15, 0.2) is 18.2 Å². The Kier molecular flexibility index (Phi) is 4.71. The van der Waals surface area contributed by atoms with Crippen LogP contribution in [0.2, 0.25) is 5.02 Å². The number of amides is 1. The molecule has 0 aliphatic rings. The number of hydrogen-bond donors (Lipinski definition) is 2. The van der Waals surface area contributed by atoms with E-state index in [4.69, 9.17) is 17.3 Å². The van der Waals surface area contributed by atoms with Crippen LogP contribution in [0.4, 0.5) is 4.39 Å². The van der Waals surface area contributed by atoms with E-state index in [9.17, 15) is 9.18 Å². The number of nitrogens with one attached hydrogen (secondary N) is 1. The van der Waals surface area contributed by atoms with Crippen LogP contribution < -0.4 is 11.1 Å². The van der Waals surface area contributed by atoms with Gasteiger partial charge in [-0.3, -0.25) is 4.79 Å². The van der Waals surface area contributed by atoms with Crippen LogP contribution in [0.5, 0.6) is 0 Å². The van der Waals surface area contributed by atoms with E-state index in [0.717, 1.165) is 0 Å². The molecule has 0 saturated carbocycles. The van der Waals surface area contributed by atoms with Crippen molar-refractivity contribution < 1.29 is 9.18 Å². The number of halogens is 2. The fraction of sp³-hybridized carbons (Fsp3) is 0.364. The molecule has 0 fully saturated rings. The maximum Gasteiger partial charge on any atom is 0.224 e. The Balaban J connectivity index is 2.65. The van der Waals surface area contributed by atoms with Crippen LogP contribution in [0.3, 0.4) is 0 Å². The Morgan fingerprint density at radius 3 is 2.88 bits per heavy atom. The zero-order chi connectivity index (χ0) is 12.1. The number of rotatable bonds is 4. The molecule has 16 heavy (non-hydrogen) atoms. The van der Waals surface area contributed by atoms with Crippen molar-refractivity contribution in [3.63, 3.8) is 0 Å². The normalized spacial score (nSPS) is 12.2. The van der Waals surface area contributed by atoms with Gasteiger partial charge in [-0.15, -0.1) is 0 Å². The minimum absolute atomic E-state index is 0.0781. The summed E-state index contributed by atoms with van der Waals surface area (Å²) in [7, 11) is 0. The molecule has 88 valence electrons. The highest BCUT2D eigenvalue weighted by Gasteiger charge is 2.12. The van der Waals surface area contributed by atoms with Crippen LogP contribution in [0.1, 0.15) is 12.5 Å². The van der Waals surface area contributed by atoms with Gasteiger partial charge < -0.3 is 11.1 Å². The van der Waals surface area contributed by atoms with Crippen molar-refractivity contribution in [1.82, 2.24) is 5.32 Å². The van der Waals surface area contributed by atoms with Crippen molar-refractivity contribution >= 4 is 17.5 Å². The second-order valence-electron chi connectivity index (χ2n) is 3.55. The molecular formula is C11H14ClFN2O. The molecule has 0 heterocycles. The predicted molar refractivity (Wildman–Crippen MR) is 61.5 cm³/mol. The molecule has 0 aliphatic carbocycles. The highest BCUT2D eigenvalue weighted by atomic mass is 35.5. The first-order valence-corrected chi connectivity index (χ1v) is 5.34. The summed E-state index contributed by atoms with van der Waals surface area (Å²) in [6.07, 6.45) is 0. The third kappa shape index (κ3) is 3.18. The summed E-state index contributed by atoms with van der Waals surface area (Å²) in [5.74, 6) is -0.916. The van der Waals surface area contributed by atoms with Gasteiger partial charge >= 0.3 is 0 Å². The monoisotopic (exact) mass is 244 g/mol. The molecule has 3 N–H and O–H groups in total. The van der Waals surface area contributed by atoms with E-state index in [2.05, 4.69) is 5.32 Å². The lowest BCUT2D eigenvalue weighted by molar-refractivity contribution is -0.124. The number of benzene rings is 1. The average molecular weight is 245 g/mol. The number of carbonyl (C=O) groups excluding carboxylic acids is 1. The third-order valence-corrected chi connectivity index (χ3v) is 2.66. The molecule has 0 saturated heterocycles. The summed E-state index contributed by atoms with van der Waals surface area (Å²) < 4.78 is 13.3. The number of hydrogen-bond acceptors (Lipinski definition) is 2. The quantitative estimate of drug-likeness (QED) is 0.847. The first-order valence-electron chi connectivity index (χ1n) is 4.97. The van der Waals surface area contributed by atoms with Gasteiger partial charge in [-0.05, 0) is 12.1 Å². The molecule has 3 nitrogen and oxygen atoms in total. The summed E-state index contributed by atoms with van der Waals surface area (Å²) in [4.78, 5) is 11.4. The van der Waals surface area contributed by atoms with Gasteiger partial charge in [0.2, 0.25) is 5.91 Å². The van der Waals surface area contributed by atoms with E-state index < -0.39 is 5.82 Å². The molecule has 0 aliphatic heterocycles. The first-order chi connectivity index (χ1) is 7.56. The molecule has 0 bridgehead atoms. The fourth-order valence-corrected chi connectivity index (χ4v) is 1.39. The first kappa shape index (κ1) is 12.9. The predicted octanol–water partition coefficient (Wildman–Crippen LogP) is 1.69. The molecule has 0 spiro atoms. The van der Waals surface area contributed by atoms with Crippen LogP contribution >= 0.6 is 11.6 Å². The lowest BCUT2D eigenvalue weighted by Gasteiger charge is -2.11. The Morgan fingerprint density at radius 2 is 2.31 bits per heavy atom. The molecule has 0 radical (unpaired) electrons. The lowest BCUT2D eigenvalue weighted by atomic mass is 10.1. The minimum atomic E-state index is -0.423. The van der Waals surface area contributed by atoms with Gasteiger partial charge in [0.05, 0.1) is 0 Å². The molecule has 0 aromatic heterocycles. The van der Waals surface area contributed by atoms with E-state index in [0.29, 0.717) is 10.6 Å². The van der Waals surface area contributed by atoms with E-state index in [1.165, 1.54) is 12.1 Å². The Morgan fingerprint density at radius 1 is 1.62 bits per heavy atom. The van der Waals surface area contributed by atoms with Crippen LogP contribution in [0.25, 0.3) is 0 Å². The second-order valence-corrected chi connectivity index (χ2v) is 3.96. The Labute approximate surface area is 98.8 Å². The van der Waals surface area contributed by atoms with Gasteiger partial charge in [0.1, 0.15) is 5.82 Å². The highest BCUT2D eigenvalue weighted by Crippen LogP contribution is 2.18. The Hall–Kier alpha value is -1.13. The SMILES string of the molecule is CC(CN)C(=O)NCc1c(F)cccc1Cl. The topological polar surface area (TPSA) is 55.1 Å². The zero-order valence-electron chi connectivity index (χ0n) is 8.97. The fourth-order valence-electron chi connectivity index (χ4n) is 1.16. The van der Waals surface area contributed by atoms with Crippen molar-refractivity contribution in [3.05, 3.63) is 34.6 Å². The molecule has 1 amide bonds. The lowest BCUT2D eigenvalue weighted by Crippen LogP contribution is -2.33. The zero-order valence-corrected chi connectivity index (χ0v) is 9.72. The standard InChI is InChI=1S/C11H14ClFN2O/c1-7(5-14)11(16)15-6-8-9(12)3-2-4-10(8)13/h2-4,7H,5-6,14H2,1H3,(H,15,16). The van der Waals surface area contributed by atoms with E-state index in [-0.39, 0.29) is 24.9 Å². The van der Waals surface area contributed by atoms with Crippen molar-refractivity contribution in [3.8, 4) is 0 Å². The van der Waals surface area contributed by atoms with Gasteiger partial charge in [0.15, 0.2) is 0 Å². The highest BCUT2D eigenvalue weighted by molar-refractivity contribution is 6.31. The van der Waals surface area contributed by atoms with Gasteiger partial charge in [0.25, 0.3) is 0 Å². The summed E-state index contributed by atoms with van der Waals surface area (Å²) in [5.41, 5.74) is 5.63. The summed E-state index contributed by atoms with van der Waals surface area (Å²) in [5, 5.41) is 2.89. The number of carbonyl (C=O) groups is 1. The maximum absolute atomic E-state index is 13.3. The molecule has 1 aromatic rings. The van der Waals surface area contributed by atoms with Crippen LogP contribution in [-0.4, -0.2) is 12.5 Å². The smallest absolute Gasteiger partial charge is 0.224 e. The van der Waals surface area contributed by atoms with E-state index in [1.54, 1.807) is 13.0 Å². The van der Waals surface area contributed by atoms with Gasteiger partial charge in [0, 0.05) is 29.6 Å². The summed E-state index contributed by atoms with van der Waals surface area (Å²) >= 11 is 5.81. The van der Waals surface area contributed by atoms with Crippen LogP contribution in [0, 0.1) is 11.7 Å². The van der Waals surface area contributed by atoms with E-state index in [1.807, 2.05) is 0 Å². The van der Waals surface area contributed by atoms with Crippen molar-refractivity contribution in [1.29, 1.82) is 0 Å². The van der Waals surface area contributed by atoms with Crippen LogP contribution in [-0.2, 0) is 11.3 Å². The van der Waals surface area contributed by atoms with Crippen molar-refractivity contribution in [2.24, 2.45) is 11.7 Å². The molecule has 1 rings (SSSR count). The van der Waals surface area contributed by atoms with Crippen molar-refractivity contribution in [2.75, 3.05) is 6.54 Å². The molecular weight excluding hydrogens is 231 g/mol. The number of nitrogens with two attached hydrogens (primary N) is 1. The third-order valence-electron chi connectivity index (χ3n) is 2.30. The molecule has 1 aromatic carbocycles. The molecule has 1 unspecified atom stereocenters.